The predicted molar refractivity (Wildman–Crippen MR) is 95.1 cm³/mol. The zero-order chi connectivity index (χ0) is 17.3. The summed E-state index contributed by atoms with van der Waals surface area (Å²) >= 11 is 11.9. The second-order valence-corrected chi connectivity index (χ2v) is 6.34. The van der Waals surface area contributed by atoms with Crippen LogP contribution in [0.1, 0.15) is 11.1 Å². The molecule has 1 heterocycles. The molecule has 2 aromatic carbocycles. The zero-order valence-electron chi connectivity index (χ0n) is 12.5. The van der Waals surface area contributed by atoms with Crippen molar-refractivity contribution in [1.29, 1.82) is 0 Å². The van der Waals surface area contributed by atoms with Gasteiger partial charge in [0.05, 0.1) is 5.52 Å². The molecule has 0 amide bonds. The second kappa shape index (κ2) is 6.67. The van der Waals surface area contributed by atoms with Crippen molar-refractivity contribution in [1.82, 2.24) is 4.57 Å². The summed E-state index contributed by atoms with van der Waals surface area (Å²) in [7, 11) is 0. The smallest absolute Gasteiger partial charge is 0.323 e. The molecule has 0 atom stereocenters. The standard InChI is InChI=1S/C18H13Cl2NO3/c19-13-3-1-11(2-4-13)7-12-9-21(10-17(22)23)16-6-5-14(20)8-15(16)18(12)24/h1-6,8-9H,7,10H2,(H,22,23). The normalized spacial score (nSPS) is 10.9. The van der Waals surface area contributed by atoms with Crippen LogP contribution in [-0.4, -0.2) is 15.6 Å². The average Bonchev–Trinajstić information content (AvgIpc) is 2.53. The van der Waals surface area contributed by atoms with Gasteiger partial charge in [0.25, 0.3) is 0 Å². The number of carbonyl (C=O) groups is 1. The fourth-order valence-electron chi connectivity index (χ4n) is 2.65. The van der Waals surface area contributed by atoms with Crippen molar-refractivity contribution in [3.05, 3.63) is 80.1 Å². The van der Waals surface area contributed by atoms with E-state index in [0.717, 1.165) is 5.56 Å². The van der Waals surface area contributed by atoms with Gasteiger partial charge < -0.3 is 9.67 Å². The molecule has 1 N–H and O–H groups in total. The lowest BCUT2D eigenvalue weighted by atomic mass is 10.0. The number of hydrogen-bond donors (Lipinski definition) is 1. The van der Waals surface area contributed by atoms with Gasteiger partial charge in [0.1, 0.15) is 6.54 Å². The Bertz CT molecular complexity index is 978. The topological polar surface area (TPSA) is 59.3 Å². The van der Waals surface area contributed by atoms with Crippen LogP contribution < -0.4 is 5.43 Å². The van der Waals surface area contributed by atoms with Crippen LogP contribution in [0.5, 0.6) is 0 Å². The number of aromatic nitrogens is 1. The first kappa shape index (κ1) is 16.6. The van der Waals surface area contributed by atoms with Crippen molar-refractivity contribution in [2.45, 2.75) is 13.0 Å². The van der Waals surface area contributed by atoms with Gasteiger partial charge in [-0.2, -0.15) is 0 Å². The minimum Gasteiger partial charge on any atom is -0.480 e. The Morgan fingerprint density at radius 2 is 1.71 bits per heavy atom. The van der Waals surface area contributed by atoms with Gasteiger partial charge in [-0.05, 0) is 35.9 Å². The monoisotopic (exact) mass is 361 g/mol. The number of fused-ring (bicyclic) bond motifs is 1. The van der Waals surface area contributed by atoms with Gasteiger partial charge in [-0.1, -0.05) is 35.3 Å². The molecular formula is C18H13Cl2NO3. The predicted octanol–water partition coefficient (Wildman–Crippen LogP) is 3.98. The first-order chi connectivity index (χ1) is 11.4. The highest BCUT2D eigenvalue weighted by Gasteiger charge is 2.12. The highest BCUT2D eigenvalue weighted by molar-refractivity contribution is 6.31. The Balaban J connectivity index is 2.16. The molecule has 0 aliphatic carbocycles. The number of aliphatic carboxylic acids is 1. The lowest BCUT2D eigenvalue weighted by Gasteiger charge is -2.12. The van der Waals surface area contributed by atoms with Crippen LogP contribution in [0.4, 0.5) is 0 Å². The minimum atomic E-state index is -0.979. The number of benzene rings is 2. The largest absolute Gasteiger partial charge is 0.480 e. The summed E-state index contributed by atoms with van der Waals surface area (Å²) in [5, 5.41) is 10.6. The van der Waals surface area contributed by atoms with E-state index in [4.69, 9.17) is 28.3 Å². The Hall–Kier alpha value is -2.30. The summed E-state index contributed by atoms with van der Waals surface area (Å²) in [6, 6.07) is 12.1. The molecule has 0 spiro atoms. The van der Waals surface area contributed by atoms with E-state index >= 15 is 0 Å². The highest BCUT2D eigenvalue weighted by Crippen LogP contribution is 2.19. The molecule has 122 valence electrons. The van der Waals surface area contributed by atoms with Crippen LogP contribution in [0.3, 0.4) is 0 Å². The first-order valence-corrected chi connectivity index (χ1v) is 7.97. The van der Waals surface area contributed by atoms with Gasteiger partial charge in [0.15, 0.2) is 5.43 Å². The van der Waals surface area contributed by atoms with Crippen LogP contribution in [0.25, 0.3) is 10.9 Å². The van der Waals surface area contributed by atoms with Crippen LogP contribution in [0.15, 0.2) is 53.5 Å². The van der Waals surface area contributed by atoms with Crippen molar-refractivity contribution >= 4 is 40.1 Å². The summed E-state index contributed by atoms with van der Waals surface area (Å²) in [5.74, 6) is -0.979. The lowest BCUT2D eigenvalue weighted by Crippen LogP contribution is -2.18. The number of hydrogen-bond acceptors (Lipinski definition) is 2. The van der Waals surface area contributed by atoms with E-state index in [1.165, 1.54) is 0 Å². The average molecular weight is 362 g/mol. The Morgan fingerprint density at radius 1 is 1.04 bits per heavy atom. The van der Waals surface area contributed by atoms with Gasteiger partial charge in [0.2, 0.25) is 0 Å². The van der Waals surface area contributed by atoms with Gasteiger partial charge >= 0.3 is 5.97 Å². The summed E-state index contributed by atoms with van der Waals surface area (Å²) in [6.45, 7) is -0.230. The molecule has 0 saturated heterocycles. The Kier molecular flexibility index (Phi) is 4.60. The van der Waals surface area contributed by atoms with Crippen molar-refractivity contribution in [2.75, 3.05) is 0 Å². The van der Waals surface area contributed by atoms with Crippen LogP contribution in [0, 0.1) is 0 Å². The van der Waals surface area contributed by atoms with Crippen LogP contribution >= 0.6 is 23.2 Å². The second-order valence-electron chi connectivity index (χ2n) is 5.47. The number of nitrogens with zero attached hydrogens (tertiary/aromatic N) is 1. The molecule has 0 bridgehead atoms. The van der Waals surface area contributed by atoms with E-state index in [9.17, 15) is 9.59 Å². The molecule has 3 aromatic rings. The van der Waals surface area contributed by atoms with E-state index < -0.39 is 5.97 Å². The maximum absolute atomic E-state index is 12.7. The molecule has 24 heavy (non-hydrogen) atoms. The third kappa shape index (κ3) is 3.45. The molecule has 0 radical (unpaired) electrons. The van der Waals surface area contributed by atoms with E-state index in [2.05, 4.69) is 0 Å². The molecule has 0 fully saturated rings. The maximum atomic E-state index is 12.7. The maximum Gasteiger partial charge on any atom is 0.323 e. The van der Waals surface area contributed by atoms with Crippen molar-refractivity contribution < 1.29 is 9.90 Å². The number of carboxylic acid groups (broad SMARTS) is 1. The fraction of sp³-hybridized carbons (Fsp3) is 0.111. The van der Waals surface area contributed by atoms with E-state index in [-0.39, 0.29) is 12.0 Å². The molecule has 1 aromatic heterocycles. The van der Waals surface area contributed by atoms with Gasteiger partial charge in [-0.25, -0.2) is 0 Å². The fourth-order valence-corrected chi connectivity index (χ4v) is 2.95. The van der Waals surface area contributed by atoms with Gasteiger partial charge in [-0.15, -0.1) is 0 Å². The third-order valence-electron chi connectivity index (χ3n) is 3.73. The summed E-state index contributed by atoms with van der Waals surface area (Å²) < 4.78 is 1.56. The first-order valence-electron chi connectivity index (χ1n) is 7.22. The minimum absolute atomic E-state index is 0.149. The van der Waals surface area contributed by atoms with E-state index in [0.29, 0.717) is 32.9 Å². The lowest BCUT2D eigenvalue weighted by molar-refractivity contribution is -0.137. The molecule has 3 rings (SSSR count). The third-order valence-corrected chi connectivity index (χ3v) is 4.22. The molecule has 0 saturated carbocycles. The number of carboxylic acids is 1. The van der Waals surface area contributed by atoms with Crippen LogP contribution in [-0.2, 0) is 17.8 Å². The molecular weight excluding hydrogens is 349 g/mol. The number of pyridine rings is 1. The Labute approximate surface area is 147 Å². The molecule has 6 heteroatoms. The van der Waals surface area contributed by atoms with Gasteiger partial charge in [-0.3, -0.25) is 9.59 Å². The molecule has 0 unspecified atom stereocenters. The number of halogens is 2. The van der Waals surface area contributed by atoms with Crippen molar-refractivity contribution in [2.24, 2.45) is 0 Å². The number of rotatable bonds is 4. The van der Waals surface area contributed by atoms with Crippen molar-refractivity contribution in [3.8, 4) is 0 Å². The molecule has 0 aliphatic heterocycles. The molecule has 4 nitrogen and oxygen atoms in total. The van der Waals surface area contributed by atoms with E-state index in [1.54, 1.807) is 41.1 Å². The van der Waals surface area contributed by atoms with E-state index in [1.807, 2.05) is 12.1 Å². The summed E-state index contributed by atoms with van der Waals surface area (Å²) in [6.07, 6.45) is 1.99. The van der Waals surface area contributed by atoms with Crippen molar-refractivity contribution in [3.63, 3.8) is 0 Å². The zero-order valence-corrected chi connectivity index (χ0v) is 14.0. The Morgan fingerprint density at radius 3 is 2.38 bits per heavy atom. The molecule has 0 aliphatic rings. The summed E-state index contributed by atoms with van der Waals surface area (Å²) in [4.78, 5) is 23.9. The van der Waals surface area contributed by atoms with Gasteiger partial charge in [0, 0.05) is 33.6 Å². The summed E-state index contributed by atoms with van der Waals surface area (Å²) in [5.41, 5.74) is 1.82. The highest BCUT2D eigenvalue weighted by atomic mass is 35.5. The SMILES string of the molecule is O=C(O)Cn1cc(Cc2ccc(Cl)cc2)c(=O)c2cc(Cl)ccc21. The van der Waals surface area contributed by atoms with Crippen LogP contribution in [0.2, 0.25) is 10.0 Å². The quantitative estimate of drug-likeness (QED) is 0.764.